The summed E-state index contributed by atoms with van der Waals surface area (Å²) in [7, 11) is 1.08. The number of methoxy groups -OCH3 is 1. The molecule has 1 unspecified atom stereocenters. The summed E-state index contributed by atoms with van der Waals surface area (Å²) in [6.45, 7) is 0. The van der Waals surface area contributed by atoms with Crippen LogP contribution in [0.15, 0.2) is 24.3 Å². The zero-order valence-corrected chi connectivity index (χ0v) is 16.9. The number of ether oxygens (including phenoxy) is 1. The molecule has 210 valence electrons. The second-order valence-corrected chi connectivity index (χ2v) is 7.14. The van der Waals surface area contributed by atoms with Crippen molar-refractivity contribution in [3.05, 3.63) is 29.8 Å². The average Bonchev–Trinajstić information content (AvgIpc) is 2.71. The molecule has 1 aromatic rings. The third kappa shape index (κ3) is 4.51. The first kappa shape index (κ1) is 31.8. The largest absolute Gasteiger partial charge is 0.497 e. The van der Waals surface area contributed by atoms with E-state index in [0.29, 0.717) is 12.1 Å². The Kier molecular flexibility index (Phi) is 7.93. The Morgan fingerprint density at radius 3 is 1.25 bits per heavy atom. The maximum Gasteiger partial charge on any atom is 0.460 e. The van der Waals surface area contributed by atoms with Crippen LogP contribution in [0.3, 0.4) is 0 Å². The Morgan fingerprint density at radius 1 is 0.583 bits per heavy atom. The Bertz CT molecular complexity index is 905. The molecule has 0 aromatic heterocycles. The Hall–Kier alpha value is -2.21. The minimum Gasteiger partial charge on any atom is -0.497 e. The van der Waals surface area contributed by atoms with Crippen molar-refractivity contribution in [1.82, 2.24) is 0 Å². The second kappa shape index (κ2) is 8.97. The topological polar surface area (TPSA) is 29.5 Å². The third-order valence-corrected chi connectivity index (χ3v) is 4.74. The highest BCUT2D eigenvalue weighted by Crippen LogP contribution is 2.64. The molecule has 0 saturated heterocycles. The summed E-state index contributed by atoms with van der Waals surface area (Å²) in [5.41, 5.74) is -0.789. The molecule has 1 aromatic carbocycles. The number of hydrogen-bond acceptors (Lipinski definition) is 2. The summed E-state index contributed by atoms with van der Waals surface area (Å²) < 4.78 is 229. The van der Waals surface area contributed by atoms with E-state index >= 15 is 0 Å². The van der Waals surface area contributed by atoms with Gasteiger partial charge in [0.05, 0.1) is 13.2 Å². The van der Waals surface area contributed by atoms with Gasteiger partial charge in [0.15, 0.2) is 0 Å². The highest BCUT2D eigenvalue weighted by Gasteiger charge is 2.95. The highest BCUT2D eigenvalue weighted by atomic mass is 19.4. The van der Waals surface area contributed by atoms with Gasteiger partial charge in [0.1, 0.15) is 5.75 Å². The first-order valence-corrected chi connectivity index (χ1v) is 8.71. The van der Waals surface area contributed by atoms with E-state index in [0.717, 1.165) is 19.2 Å². The Labute approximate surface area is 188 Å². The SMILES string of the molecule is COc1ccc(C(O)CC(F)(F)C(F)(F)C(F)(F)C(F)(F)C(F)(F)C(F)(F)C(F)(F)C(F)(F)F)cc1. The molecule has 2 nitrogen and oxygen atoms in total. The predicted molar refractivity (Wildman–Crippen MR) is 83.3 cm³/mol. The monoisotopic (exact) mass is 570 g/mol. The number of aliphatic hydroxyl groups is 1. The first-order chi connectivity index (χ1) is 15.7. The number of hydrogen-bond donors (Lipinski definition) is 1. The van der Waals surface area contributed by atoms with E-state index < -0.39 is 65.7 Å². The maximum atomic E-state index is 13.9. The van der Waals surface area contributed by atoms with E-state index in [1.54, 1.807) is 0 Å². The lowest BCUT2D eigenvalue weighted by molar-refractivity contribution is -0.462. The van der Waals surface area contributed by atoms with Crippen LogP contribution in [0.4, 0.5) is 74.6 Å². The van der Waals surface area contributed by atoms with Crippen molar-refractivity contribution >= 4 is 0 Å². The number of rotatable bonds is 10. The molecule has 0 bridgehead atoms. The normalized spacial score (nSPS) is 16.2. The van der Waals surface area contributed by atoms with Gasteiger partial charge in [-0.3, -0.25) is 0 Å². The van der Waals surface area contributed by atoms with Gasteiger partial charge in [-0.15, -0.1) is 0 Å². The van der Waals surface area contributed by atoms with Crippen LogP contribution in [0.25, 0.3) is 0 Å². The van der Waals surface area contributed by atoms with E-state index in [2.05, 4.69) is 4.74 Å². The molecule has 0 aliphatic rings. The molecule has 0 spiro atoms. The molecular formula is C17H11F17O2. The van der Waals surface area contributed by atoms with Gasteiger partial charge < -0.3 is 9.84 Å². The van der Waals surface area contributed by atoms with Crippen molar-refractivity contribution in [1.29, 1.82) is 0 Å². The van der Waals surface area contributed by atoms with E-state index in [9.17, 15) is 79.7 Å². The van der Waals surface area contributed by atoms with Gasteiger partial charge in [0.2, 0.25) is 0 Å². The summed E-state index contributed by atoms with van der Waals surface area (Å²) >= 11 is 0. The molecule has 0 fully saturated rings. The van der Waals surface area contributed by atoms with Gasteiger partial charge in [-0.25, -0.2) is 0 Å². The van der Waals surface area contributed by atoms with E-state index in [4.69, 9.17) is 0 Å². The van der Waals surface area contributed by atoms with Crippen LogP contribution < -0.4 is 4.74 Å². The van der Waals surface area contributed by atoms with Gasteiger partial charge in [0.25, 0.3) is 0 Å². The van der Waals surface area contributed by atoms with Crippen LogP contribution in [-0.4, -0.2) is 59.9 Å². The number of alkyl halides is 17. The lowest BCUT2D eigenvalue weighted by Gasteiger charge is -2.43. The molecule has 0 saturated carbocycles. The van der Waals surface area contributed by atoms with Crippen LogP contribution in [0, 0.1) is 0 Å². The smallest absolute Gasteiger partial charge is 0.460 e. The van der Waals surface area contributed by atoms with Crippen LogP contribution in [0.2, 0.25) is 0 Å². The molecule has 1 N–H and O–H groups in total. The molecule has 0 amide bonds. The second-order valence-electron chi connectivity index (χ2n) is 7.14. The van der Waals surface area contributed by atoms with E-state index in [1.807, 2.05) is 0 Å². The van der Waals surface area contributed by atoms with Crippen molar-refractivity contribution in [3.63, 3.8) is 0 Å². The molecular weight excluding hydrogens is 559 g/mol. The molecule has 1 rings (SSSR count). The standard InChI is InChI=1S/C17H11F17O2/c1-36-8-4-2-7(3-5-8)9(35)6-10(18,19)11(20,21)12(22,23)13(24,25)14(26,27)15(28,29)16(30,31)17(32,33)34/h2-5,9,35H,6H2,1H3. The van der Waals surface area contributed by atoms with E-state index in [-0.39, 0.29) is 5.75 Å². The summed E-state index contributed by atoms with van der Waals surface area (Å²) in [4.78, 5) is 0. The van der Waals surface area contributed by atoms with Gasteiger partial charge >= 0.3 is 47.6 Å². The minimum absolute atomic E-state index is 0.0342. The molecule has 36 heavy (non-hydrogen) atoms. The Balaban J connectivity index is 3.50. The van der Waals surface area contributed by atoms with Crippen LogP contribution >= 0.6 is 0 Å². The van der Waals surface area contributed by atoms with Crippen molar-refractivity contribution in [2.75, 3.05) is 7.11 Å². The van der Waals surface area contributed by atoms with Crippen LogP contribution in [-0.2, 0) is 0 Å². The van der Waals surface area contributed by atoms with Gasteiger partial charge in [-0.1, -0.05) is 12.1 Å². The van der Waals surface area contributed by atoms with E-state index in [1.165, 1.54) is 0 Å². The number of aliphatic hydroxyl groups excluding tert-OH is 1. The molecule has 1 atom stereocenters. The Morgan fingerprint density at radius 2 is 0.917 bits per heavy atom. The molecule has 0 aliphatic carbocycles. The average molecular weight is 570 g/mol. The third-order valence-electron chi connectivity index (χ3n) is 4.74. The van der Waals surface area contributed by atoms with Crippen LogP contribution in [0.5, 0.6) is 5.75 Å². The van der Waals surface area contributed by atoms with Gasteiger partial charge in [0, 0.05) is 6.42 Å². The fraction of sp³-hybridized carbons (Fsp3) is 0.647. The lowest BCUT2D eigenvalue weighted by Crippen LogP contribution is -2.74. The number of halogens is 17. The molecule has 0 aliphatic heterocycles. The minimum atomic E-state index is -8.68. The van der Waals surface area contributed by atoms with Crippen molar-refractivity contribution in [3.8, 4) is 5.75 Å². The highest BCUT2D eigenvalue weighted by molar-refractivity contribution is 5.28. The van der Waals surface area contributed by atoms with Crippen LogP contribution in [0.1, 0.15) is 18.1 Å². The van der Waals surface area contributed by atoms with Crippen molar-refractivity contribution < 1.29 is 84.5 Å². The summed E-state index contributed by atoms with van der Waals surface area (Å²) in [5.74, 6) is -57.0. The van der Waals surface area contributed by atoms with Gasteiger partial charge in [-0.2, -0.15) is 74.6 Å². The zero-order valence-electron chi connectivity index (χ0n) is 16.9. The zero-order chi connectivity index (χ0) is 29.0. The lowest BCUT2D eigenvalue weighted by atomic mass is 9.87. The fourth-order valence-corrected chi connectivity index (χ4v) is 2.51. The summed E-state index contributed by atoms with van der Waals surface area (Å²) in [6.07, 6.45) is -13.7. The number of benzene rings is 1. The summed E-state index contributed by atoms with van der Waals surface area (Å²) in [5, 5.41) is 9.56. The van der Waals surface area contributed by atoms with Gasteiger partial charge in [-0.05, 0) is 17.7 Å². The maximum absolute atomic E-state index is 13.9. The van der Waals surface area contributed by atoms with Crippen molar-refractivity contribution in [2.45, 2.75) is 60.2 Å². The molecule has 19 heteroatoms. The fourth-order valence-electron chi connectivity index (χ4n) is 2.51. The quantitative estimate of drug-likeness (QED) is 0.304. The summed E-state index contributed by atoms with van der Waals surface area (Å²) in [6, 6.07) is 3.11. The molecule has 0 radical (unpaired) electrons. The predicted octanol–water partition coefficient (Wildman–Crippen LogP) is 7.13. The van der Waals surface area contributed by atoms with Crippen molar-refractivity contribution in [2.24, 2.45) is 0 Å². The first-order valence-electron chi connectivity index (χ1n) is 8.71. The molecule has 0 heterocycles.